The third kappa shape index (κ3) is 1.83. The molecule has 3 aliphatic rings. The molecule has 1 unspecified atom stereocenters. The van der Waals surface area contributed by atoms with Crippen LogP contribution in [-0.4, -0.2) is 31.4 Å². The molecule has 2 aliphatic carbocycles. The lowest BCUT2D eigenvalue weighted by molar-refractivity contribution is -0.152. The SMILES string of the molecule is COC(=O)C1=CCC2C(C)(C)CCC[C@]2(C)[C@@]12COC(=O)O2. The minimum Gasteiger partial charge on any atom is -0.466 e. The molecule has 0 aromatic carbocycles. The molecule has 3 rings (SSSR count). The van der Waals surface area contributed by atoms with E-state index in [0.717, 1.165) is 25.7 Å². The number of carbonyl (C=O) groups is 2. The van der Waals surface area contributed by atoms with Crippen molar-refractivity contribution in [2.75, 3.05) is 13.7 Å². The van der Waals surface area contributed by atoms with Gasteiger partial charge in [0.1, 0.15) is 6.61 Å². The zero-order chi connectivity index (χ0) is 16.2. The van der Waals surface area contributed by atoms with Crippen molar-refractivity contribution >= 4 is 12.1 Å². The van der Waals surface area contributed by atoms with Crippen molar-refractivity contribution in [2.24, 2.45) is 16.7 Å². The number of cyclic esters (lactones) is 1. The number of rotatable bonds is 1. The smallest absolute Gasteiger partial charge is 0.466 e. The fourth-order valence-corrected chi connectivity index (χ4v) is 5.03. The summed E-state index contributed by atoms with van der Waals surface area (Å²) in [6, 6.07) is 0. The molecule has 1 aliphatic heterocycles. The van der Waals surface area contributed by atoms with Crippen molar-refractivity contribution in [2.45, 2.75) is 52.1 Å². The van der Waals surface area contributed by atoms with E-state index in [1.54, 1.807) is 0 Å². The molecule has 5 nitrogen and oxygen atoms in total. The first kappa shape index (κ1) is 15.4. The number of carbonyl (C=O) groups excluding carboxylic acids is 2. The van der Waals surface area contributed by atoms with Crippen molar-refractivity contribution in [3.05, 3.63) is 11.6 Å². The van der Waals surface area contributed by atoms with Gasteiger partial charge in [-0.2, -0.15) is 0 Å². The lowest BCUT2D eigenvalue weighted by Crippen LogP contribution is -2.61. The topological polar surface area (TPSA) is 61.8 Å². The highest BCUT2D eigenvalue weighted by atomic mass is 16.8. The Hall–Kier alpha value is -1.52. The predicted octanol–water partition coefficient (Wildman–Crippen LogP) is 3.23. The average molecular weight is 308 g/mol. The summed E-state index contributed by atoms with van der Waals surface area (Å²) in [5, 5.41) is 0. The van der Waals surface area contributed by atoms with E-state index < -0.39 is 17.7 Å². The first-order valence-corrected chi connectivity index (χ1v) is 7.91. The second-order valence-corrected chi connectivity index (χ2v) is 7.63. The molecule has 122 valence electrons. The van der Waals surface area contributed by atoms with Gasteiger partial charge < -0.3 is 14.2 Å². The Morgan fingerprint density at radius 3 is 2.64 bits per heavy atom. The maximum absolute atomic E-state index is 12.3. The summed E-state index contributed by atoms with van der Waals surface area (Å²) in [4.78, 5) is 24.0. The Morgan fingerprint density at radius 1 is 1.32 bits per heavy atom. The van der Waals surface area contributed by atoms with Gasteiger partial charge in [-0.1, -0.05) is 33.3 Å². The van der Waals surface area contributed by atoms with E-state index in [-0.39, 0.29) is 17.4 Å². The van der Waals surface area contributed by atoms with Gasteiger partial charge in [-0.15, -0.1) is 0 Å². The Kier molecular flexibility index (Phi) is 3.31. The van der Waals surface area contributed by atoms with Gasteiger partial charge in [-0.25, -0.2) is 9.59 Å². The zero-order valence-electron chi connectivity index (χ0n) is 13.7. The van der Waals surface area contributed by atoms with Crippen LogP contribution in [0.25, 0.3) is 0 Å². The van der Waals surface area contributed by atoms with E-state index in [1.165, 1.54) is 7.11 Å². The van der Waals surface area contributed by atoms with Crippen molar-refractivity contribution in [3.8, 4) is 0 Å². The van der Waals surface area contributed by atoms with E-state index in [2.05, 4.69) is 20.8 Å². The van der Waals surface area contributed by atoms with E-state index in [4.69, 9.17) is 14.2 Å². The largest absolute Gasteiger partial charge is 0.509 e. The van der Waals surface area contributed by atoms with E-state index >= 15 is 0 Å². The molecule has 0 amide bonds. The highest BCUT2D eigenvalue weighted by Gasteiger charge is 2.67. The van der Waals surface area contributed by atoms with Gasteiger partial charge in [0.05, 0.1) is 12.7 Å². The standard InChI is InChI=1S/C17H24O5/c1-15(2)8-5-9-16(3)12(15)7-6-11(13(18)20-4)17(16)10-21-14(19)22-17/h6,12H,5,7-10H2,1-4H3/t12?,16-,17+/m0/s1. The monoisotopic (exact) mass is 308 g/mol. The lowest BCUT2D eigenvalue weighted by atomic mass is 9.47. The predicted molar refractivity (Wildman–Crippen MR) is 79.1 cm³/mol. The van der Waals surface area contributed by atoms with Gasteiger partial charge in [0.15, 0.2) is 5.60 Å². The molecule has 22 heavy (non-hydrogen) atoms. The molecule has 0 aromatic heterocycles. The van der Waals surface area contributed by atoms with E-state index in [9.17, 15) is 9.59 Å². The van der Waals surface area contributed by atoms with E-state index in [1.807, 2.05) is 6.08 Å². The average Bonchev–Trinajstić information content (AvgIpc) is 2.83. The van der Waals surface area contributed by atoms with Gasteiger partial charge in [0.25, 0.3) is 0 Å². The number of fused-ring (bicyclic) bond motifs is 2. The molecule has 2 fully saturated rings. The minimum absolute atomic E-state index is 0.0931. The van der Waals surface area contributed by atoms with Crippen molar-refractivity contribution in [3.63, 3.8) is 0 Å². The van der Waals surface area contributed by atoms with Crippen LogP contribution in [-0.2, 0) is 19.0 Å². The summed E-state index contributed by atoms with van der Waals surface area (Å²) in [5.41, 5.74) is -0.762. The van der Waals surface area contributed by atoms with Crippen LogP contribution in [0.2, 0.25) is 0 Å². The number of methoxy groups -OCH3 is 1. The van der Waals surface area contributed by atoms with Gasteiger partial charge in [0, 0.05) is 5.41 Å². The van der Waals surface area contributed by atoms with Crippen molar-refractivity contribution in [1.82, 2.24) is 0 Å². The summed E-state index contributed by atoms with van der Waals surface area (Å²) in [7, 11) is 1.35. The first-order chi connectivity index (χ1) is 10.3. The van der Waals surface area contributed by atoms with Crippen LogP contribution in [0.4, 0.5) is 4.79 Å². The van der Waals surface area contributed by atoms with Crippen LogP contribution in [0.5, 0.6) is 0 Å². The summed E-state index contributed by atoms with van der Waals surface area (Å²) in [6.45, 7) is 6.75. The second-order valence-electron chi connectivity index (χ2n) is 7.63. The molecule has 0 bridgehead atoms. The third-order valence-corrected chi connectivity index (χ3v) is 6.20. The lowest BCUT2D eigenvalue weighted by Gasteiger charge is -2.58. The second kappa shape index (κ2) is 4.74. The van der Waals surface area contributed by atoms with Crippen LogP contribution in [0.3, 0.4) is 0 Å². The Bertz CT molecular complexity index is 549. The molecule has 3 atom stereocenters. The third-order valence-electron chi connectivity index (χ3n) is 6.20. The van der Waals surface area contributed by atoms with Crippen molar-refractivity contribution in [1.29, 1.82) is 0 Å². The summed E-state index contributed by atoms with van der Waals surface area (Å²) < 4.78 is 15.7. The molecule has 1 spiro atoms. The van der Waals surface area contributed by atoms with Crippen LogP contribution in [0.1, 0.15) is 46.5 Å². The van der Waals surface area contributed by atoms with Gasteiger partial charge in [-0.3, -0.25) is 0 Å². The molecular formula is C17H24O5. The Morgan fingerprint density at radius 2 is 2.05 bits per heavy atom. The highest BCUT2D eigenvalue weighted by Crippen LogP contribution is 2.63. The van der Waals surface area contributed by atoms with Gasteiger partial charge in [0.2, 0.25) is 0 Å². The van der Waals surface area contributed by atoms with Crippen LogP contribution in [0.15, 0.2) is 11.6 Å². The zero-order valence-corrected chi connectivity index (χ0v) is 13.7. The van der Waals surface area contributed by atoms with Crippen molar-refractivity contribution < 1.29 is 23.8 Å². The molecule has 1 saturated carbocycles. The number of ether oxygens (including phenoxy) is 3. The van der Waals surface area contributed by atoms with Crippen LogP contribution in [0, 0.1) is 16.7 Å². The maximum atomic E-state index is 12.3. The number of hydrogen-bond donors (Lipinski definition) is 0. The Balaban J connectivity index is 2.15. The first-order valence-electron chi connectivity index (χ1n) is 7.91. The quantitative estimate of drug-likeness (QED) is 0.696. The number of hydrogen-bond acceptors (Lipinski definition) is 5. The summed E-state index contributed by atoms with van der Waals surface area (Å²) >= 11 is 0. The summed E-state index contributed by atoms with van der Waals surface area (Å²) in [6.07, 6.45) is 5.10. The fourth-order valence-electron chi connectivity index (χ4n) is 5.03. The van der Waals surface area contributed by atoms with Gasteiger partial charge in [-0.05, 0) is 30.6 Å². The maximum Gasteiger partial charge on any atom is 0.509 e. The molecule has 0 N–H and O–H groups in total. The summed E-state index contributed by atoms with van der Waals surface area (Å²) in [5.74, 6) is -0.0991. The van der Waals surface area contributed by atoms with Crippen LogP contribution < -0.4 is 0 Å². The minimum atomic E-state index is -1.02. The number of esters is 1. The highest BCUT2D eigenvalue weighted by molar-refractivity contribution is 5.92. The molecule has 0 aromatic rings. The Labute approximate surface area is 131 Å². The fraction of sp³-hybridized carbons (Fsp3) is 0.765. The molecule has 5 heteroatoms. The normalized spacial score (nSPS) is 39.5. The van der Waals surface area contributed by atoms with E-state index in [0.29, 0.717) is 11.5 Å². The van der Waals surface area contributed by atoms with Crippen LogP contribution >= 0.6 is 0 Å². The van der Waals surface area contributed by atoms with Gasteiger partial charge >= 0.3 is 12.1 Å². The molecular weight excluding hydrogens is 284 g/mol. The number of allylic oxidation sites excluding steroid dienone is 1. The molecule has 1 heterocycles. The molecule has 0 radical (unpaired) electrons. The molecule has 1 saturated heterocycles.